The third-order valence-corrected chi connectivity index (χ3v) is 4.70. The maximum absolute atomic E-state index is 12.2. The van der Waals surface area contributed by atoms with E-state index < -0.39 is 0 Å². The molecule has 0 aliphatic heterocycles. The maximum atomic E-state index is 12.2. The molecule has 0 atom stereocenters. The van der Waals surface area contributed by atoms with Crippen LogP contribution >= 0.6 is 27.5 Å². The van der Waals surface area contributed by atoms with Crippen molar-refractivity contribution in [2.45, 2.75) is 37.6 Å². The van der Waals surface area contributed by atoms with Gasteiger partial charge in [0, 0.05) is 11.5 Å². The summed E-state index contributed by atoms with van der Waals surface area (Å²) in [4.78, 5) is 16.2. The van der Waals surface area contributed by atoms with Crippen LogP contribution in [0.5, 0.6) is 0 Å². The number of carbonyl (C=O) groups excluding carboxylic acids is 1. The molecule has 1 saturated carbocycles. The number of amides is 1. The molecular formula is C13H16BrClN2O. The number of pyridine rings is 1. The number of hydrogen-bond donors (Lipinski definition) is 1. The monoisotopic (exact) mass is 330 g/mol. The maximum Gasteiger partial charge on any atom is 0.270 e. The number of rotatable bonds is 3. The second-order valence-corrected chi connectivity index (χ2v) is 5.79. The predicted molar refractivity (Wildman–Crippen MR) is 76.3 cm³/mol. The summed E-state index contributed by atoms with van der Waals surface area (Å²) in [5, 5.41) is 4.46. The highest BCUT2D eigenvalue weighted by Gasteiger charge is 2.32. The van der Waals surface area contributed by atoms with Gasteiger partial charge in [0.05, 0.1) is 10.6 Å². The van der Waals surface area contributed by atoms with Crippen LogP contribution in [0.3, 0.4) is 0 Å². The van der Waals surface area contributed by atoms with Crippen molar-refractivity contribution in [2.24, 2.45) is 0 Å². The summed E-state index contributed by atoms with van der Waals surface area (Å²) in [5.74, 6) is -0.118. The summed E-state index contributed by atoms with van der Waals surface area (Å²) in [6.45, 7) is 0. The van der Waals surface area contributed by atoms with Gasteiger partial charge in [-0.15, -0.1) is 0 Å². The third kappa shape index (κ3) is 3.23. The minimum atomic E-state index is -0.118. The summed E-state index contributed by atoms with van der Waals surface area (Å²) in [7, 11) is 0. The summed E-state index contributed by atoms with van der Waals surface area (Å²) in [6.07, 6.45) is 7.14. The fourth-order valence-corrected chi connectivity index (χ4v) is 3.15. The molecule has 0 radical (unpaired) electrons. The number of nitrogens with one attached hydrogen (secondary N) is 1. The fraction of sp³-hybridized carbons (Fsp3) is 0.538. The van der Waals surface area contributed by atoms with Crippen LogP contribution in [0.1, 0.15) is 42.6 Å². The Morgan fingerprint density at radius 2 is 2.11 bits per heavy atom. The lowest BCUT2D eigenvalue weighted by Gasteiger charge is -2.36. The van der Waals surface area contributed by atoms with Gasteiger partial charge in [-0.2, -0.15) is 0 Å². The number of hydrogen-bond acceptors (Lipinski definition) is 2. The fourth-order valence-electron chi connectivity index (χ4n) is 2.34. The highest BCUT2D eigenvalue weighted by molar-refractivity contribution is 9.09. The SMILES string of the molecule is O=C(NC1(CBr)CCCCC1)c1ccc(Cl)cn1. The van der Waals surface area contributed by atoms with Crippen LogP contribution in [0.4, 0.5) is 0 Å². The molecule has 0 spiro atoms. The van der Waals surface area contributed by atoms with Gasteiger partial charge in [0.1, 0.15) is 5.69 Å². The van der Waals surface area contributed by atoms with Crippen molar-refractivity contribution in [1.82, 2.24) is 10.3 Å². The van der Waals surface area contributed by atoms with Gasteiger partial charge in [-0.25, -0.2) is 4.98 Å². The largest absolute Gasteiger partial charge is 0.344 e. The Morgan fingerprint density at radius 1 is 1.39 bits per heavy atom. The zero-order chi connectivity index (χ0) is 13.0. The summed E-state index contributed by atoms with van der Waals surface area (Å²) >= 11 is 9.29. The van der Waals surface area contributed by atoms with Crippen LogP contribution in [-0.4, -0.2) is 21.8 Å². The molecule has 1 amide bonds. The molecule has 18 heavy (non-hydrogen) atoms. The molecule has 98 valence electrons. The Labute approximate surface area is 120 Å². The van der Waals surface area contributed by atoms with E-state index in [0.29, 0.717) is 10.7 Å². The predicted octanol–water partition coefficient (Wildman–Crippen LogP) is 3.56. The molecule has 3 nitrogen and oxygen atoms in total. The van der Waals surface area contributed by atoms with E-state index in [9.17, 15) is 4.79 Å². The minimum Gasteiger partial charge on any atom is -0.344 e. The lowest BCUT2D eigenvalue weighted by atomic mass is 9.83. The number of halogens is 2. The molecule has 0 aromatic carbocycles. The number of nitrogens with zero attached hydrogens (tertiary/aromatic N) is 1. The summed E-state index contributed by atoms with van der Waals surface area (Å²) in [6, 6.07) is 3.34. The number of carbonyl (C=O) groups is 1. The number of aromatic nitrogens is 1. The highest BCUT2D eigenvalue weighted by atomic mass is 79.9. The van der Waals surface area contributed by atoms with Crippen molar-refractivity contribution in [3.8, 4) is 0 Å². The van der Waals surface area contributed by atoms with Gasteiger partial charge in [0.25, 0.3) is 5.91 Å². The first-order valence-corrected chi connectivity index (χ1v) is 7.65. The molecule has 0 unspecified atom stereocenters. The lowest BCUT2D eigenvalue weighted by molar-refractivity contribution is 0.0881. The molecule has 1 aromatic heterocycles. The van der Waals surface area contributed by atoms with Crippen molar-refractivity contribution in [1.29, 1.82) is 0 Å². The molecule has 2 rings (SSSR count). The Balaban J connectivity index is 2.07. The smallest absolute Gasteiger partial charge is 0.270 e. The van der Waals surface area contributed by atoms with Crippen molar-refractivity contribution in [3.05, 3.63) is 29.0 Å². The van der Waals surface area contributed by atoms with Gasteiger partial charge in [-0.1, -0.05) is 46.8 Å². The minimum absolute atomic E-state index is 0.114. The van der Waals surface area contributed by atoms with Crippen LogP contribution in [-0.2, 0) is 0 Å². The first kappa shape index (κ1) is 13.8. The van der Waals surface area contributed by atoms with E-state index in [1.165, 1.54) is 25.5 Å². The first-order valence-electron chi connectivity index (χ1n) is 6.15. The average molecular weight is 332 g/mol. The van der Waals surface area contributed by atoms with E-state index >= 15 is 0 Å². The quantitative estimate of drug-likeness (QED) is 0.860. The molecule has 5 heteroatoms. The molecule has 1 aromatic rings. The molecule has 1 N–H and O–H groups in total. The van der Waals surface area contributed by atoms with Crippen LogP contribution in [0.25, 0.3) is 0 Å². The Bertz CT molecular complexity index is 416. The first-order chi connectivity index (χ1) is 8.65. The lowest BCUT2D eigenvalue weighted by Crippen LogP contribution is -2.51. The van der Waals surface area contributed by atoms with E-state index in [2.05, 4.69) is 26.2 Å². The van der Waals surface area contributed by atoms with Gasteiger partial charge in [-0.3, -0.25) is 4.79 Å². The second kappa shape index (κ2) is 6.02. The molecule has 1 fully saturated rings. The van der Waals surface area contributed by atoms with Crippen molar-refractivity contribution < 1.29 is 4.79 Å². The van der Waals surface area contributed by atoms with Crippen LogP contribution < -0.4 is 5.32 Å². The van der Waals surface area contributed by atoms with Crippen molar-refractivity contribution in [2.75, 3.05) is 5.33 Å². The van der Waals surface area contributed by atoms with E-state index in [4.69, 9.17) is 11.6 Å². The standard InChI is InChI=1S/C13H16BrClN2O/c14-9-13(6-2-1-3-7-13)17-12(18)11-5-4-10(15)8-16-11/h4-5,8H,1-3,6-7,9H2,(H,17,18). The van der Waals surface area contributed by atoms with Gasteiger partial charge < -0.3 is 5.32 Å². The molecule has 1 aliphatic rings. The highest BCUT2D eigenvalue weighted by Crippen LogP contribution is 2.30. The van der Waals surface area contributed by atoms with Gasteiger partial charge in [-0.05, 0) is 25.0 Å². The topological polar surface area (TPSA) is 42.0 Å². The zero-order valence-electron chi connectivity index (χ0n) is 10.1. The zero-order valence-corrected chi connectivity index (χ0v) is 12.4. The Kier molecular flexibility index (Phi) is 4.62. The summed E-state index contributed by atoms with van der Waals surface area (Å²) < 4.78 is 0. The average Bonchev–Trinajstić information content (AvgIpc) is 2.40. The molecular weight excluding hydrogens is 316 g/mol. The van der Waals surface area contributed by atoms with Crippen molar-refractivity contribution in [3.63, 3.8) is 0 Å². The molecule has 1 aliphatic carbocycles. The Morgan fingerprint density at radius 3 is 2.67 bits per heavy atom. The number of alkyl halides is 1. The Hall–Kier alpha value is -0.610. The van der Waals surface area contributed by atoms with Crippen molar-refractivity contribution >= 4 is 33.4 Å². The molecule has 0 saturated heterocycles. The van der Waals surface area contributed by atoms with E-state index in [1.54, 1.807) is 12.1 Å². The van der Waals surface area contributed by atoms with Gasteiger partial charge >= 0.3 is 0 Å². The molecule has 1 heterocycles. The van der Waals surface area contributed by atoms with Crippen LogP contribution in [0.2, 0.25) is 5.02 Å². The molecule has 0 bridgehead atoms. The third-order valence-electron chi connectivity index (χ3n) is 3.41. The van der Waals surface area contributed by atoms with Gasteiger partial charge in [0.15, 0.2) is 0 Å². The second-order valence-electron chi connectivity index (χ2n) is 4.79. The van der Waals surface area contributed by atoms with Crippen LogP contribution in [0, 0.1) is 0 Å². The normalized spacial score (nSPS) is 18.3. The van der Waals surface area contributed by atoms with E-state index in [-0.39, 0.29) is 11.4 Å². The van der Waals surface area contributed by atoms with Gasteiger partial charge in [0.2, 0.25) is 0 Å². The van der Waals surface area contributed by atoms with Crippen LogP contribution in [0.15, 0.2) is 18.3 Å². The summed E-state index contributed by atoms with van der Waals surface area (Å²) in [5.41, 5.74) is 0.307. The van der Waals surface area contributed by atoms with E-state index in [0.717, 1.165) is 18.2 Å². The van der Waals surface area contributed by atoms with E-state index in [1.807, 2.05) is 0 Å².